The standard InChI is InChI=1S/C24H25NO4/c26-24(20-10-12-21(13-11-20)29-18-23-9-5-15-28-23)25(17-22-8-4-14-27-22)16-19-6-2-1-3-7-19/h1-4,6-8,10-14,23H,5,9,15-18H2. The fourth-order valence-electron chi connectivity index (χ4n) is 3.44. The summed E-state index contributed by atoms with van der Waals surface area (Å²) >= 11 is 0. The third-order valence-corrected chi connectivity index (χ3v) is 4.99. The van der Waals surface area contributed by atoms with E-state index in [1.165, 1.54) is 0 Å². The number of nitrogens with zero attached hydrogens (tertiary/aromatic N) is 1. The molecule has 5 nitrogen and oxygen atoms in total. The van der Waals surface area contributed by atoms with E-state index in [4.69, 9.17) is 13.9 Å². The molecule has 2 heterocycles. The first-order valence-corrected chi connectivity index (χ1v) is 9.98. The molecule has 5 heteroatoms. The number of ether oxygens (including phenoxy) is 2. The van der Waals surface area contributed by atoms with Crippen molar-refractivity contribution in [1.82, 2.24) is 4.90 Å². The summed E-state index contributed by atoms with van der Waals surface area (Å²) in [5, 5.41) is 0. The fraction of sp³-hybridized carbons (Fsp3) is 0.292. The van der Waals surface area contributed by atoms with Crippen LogP contribution in [0, 0.1) is 0 Å². The van der Waals surface area contributed by atoms with Crippen LogP contribution >= 0.6 is 0 Å². The molecule has 0 aliphatic carbocycles. The number of rotatable bonds is 8. The summed E-state index contributed by atoms with van der Waals surface area (Å²) in [6.45, 7) is 2.29. The lowest BCUT2D eigenvalue weighted by Gasteiger charge is -2.22. The Kier molecular flexibility index (Phi) is 6.27. The van der Waals surface area contributed by atoms with Gasteiger partial charge in [0.25, 0.3) is 5.91 Å². The van der Waals surface area contributed by atoms with E-state index in [1.807, 2.05) is 66.7 Å². The second-order valence-corrected chi connectivity index (χ2v) is 7.20. The molecular formula is C24H25NO4. The fourth-order valence-corrected chi connectivity index (χ4v) is 3.44. The Morgan fingerprint density at radius 2 is 1.83 bits per heavy atom. The van der Waals surface area contributed by atoms with Gasteiger partial charge in [0, 0.05) is 18.7 Å². The van der Waals surface area contributed by atoms with Gasteiger partial charge < -0.3 is 18.8 Å². The maximum atomic E-state index is 13.2. The minimum Gasteiger partial charge on any atom is -0.491 e. The number of carbonyl (C=O) groups is 1. The van der Waals surface area contributed by atoms with Gasteiger partial charge in [-0.15, -0.1) is 0 Å². The molecule has 1 amide bonds. The third kappa shape index (κ3) is 5.27. The van der Waals surface area contributed by atoms with Crippen LogP contribution in [0.4, 0.5) is 0 Å². The Balaban J connectivity index is 1.44. The smallest absolute Gasteiger partial charge is 0.254 e. The van der Waals surface area contributed by atoms with E-state index in [-0.39, 0.29) is 12.0 Å². The summed E-state index contributed by atoms with van der Waals surface area (Å²) in [6.07, 6.45) is 3.93. The Labute approximate surface area is 170 Å². The van der Waals surface area contributed by atoms with Gasteiger partial charge in [-0.3, -0.25) is 4.79 Å². The zero-order valence-corrected chi connectivity index (χ0v) is 16.3. The minimum absolute atomic E-state index is 0.0454. The molecule has 150 valence electrons. The molecule has 0 radical (unpaired) electrons. The molecule has 1 aromatic heterocycles. The first kappa shape index (κ1) is 19.3. The van der Waals surface area contributed by atoms with Crippen molar-refractivity contribution in [2.75, 3.05) is 13.2 Å². The second kappa shape index (κ2) is 9.43. The van der Waals surface area contributed by atoms with Crippen molar-refractivity contribution in [2.45, 2.75) is 32.0 Å². The minimum atomic E-state index is -0.0454. The first-order chi connectivity index (χ1) is 14.3. The maximum Gasteiger partial charge on any atom is 0.254 e. The van der Waals surface area contributed by atoms with Gasteiger partial charge in [-0.25, -0.2) is 0 Å². The molecule has 0 spiro atoms. The average Bonchev–Trinajstić information content (AvgIpc) is 3.47. The largest absolute Gasteiger partial charge is 0.491 e. The monoisotopic (exact) mass is 391 g/mol. The number of furan rings is 1. The van der Waals surface area contributed by atoms with Crippen LogP contribution in [0.25, 0.3) is 0 Å². The van der Waals surface area contributed by atoms with E-state index >= 15 is 0 Å². The third-order valence-electron chi connectivity index (χ3n) is 4.99. The molecule has 0 N–H and O–H groups in total. The van der Waals surface area contributed by atoms with Crippen LogP contribution in [0.15, 0.2) is 77.4 Å². The van der Waals surface area contributed by atoms with E-state index in [2.05, 4.69) is 0 Å². The molecule has 1 saturated heterocycles. The highest BCUT2D eigenvalue weighted by Crippen LogP contribution is 2.19. The Morgan fingerprint density at radius 3 is 2.52 bits per heavy atom. The number of amides is 1. The maximum absolute atomic E-state index is 13.2. The molecule has 2 aromatic carbocycles. The normalized spacial score (nSPS) is 15.9. The first-order valence-electron chi connectivity index (χ1n) is 9.98. The van der Waals surface area contributed by atoms with Crippen molar-refractivity contribution >= 4 is 5.91 Å². The van der Waals surface area contributed by atoms with Gasteiger partial charge in [0.2, 0.25) is 0 Å². The summed E-state index contributed by atoms with van der Waals surface area (Å²) in [6, 6.07) is 21.0. The topological polar surface area (TPSA) is 51.9 Å². The van der Waals surface area contributed by atoms with Crippen molar-refractivity contribution in [3.05, 3.63) is 89.9 Å². The van der Waals surface area contributed by atoms with Crippen molar-refractivity contribution in [2.24, 2.45) is 0 Å². The van der Waals surface area contributed by atoms with Gasteiger partial charge in [-0.05, 0) is 54.8 Å². The number of benzene rings is 2. The quantitative estimate of drug-likeness (QED) is 0.559. The Bertz CT molecular complexity index is 884. The van der Waals surface area contributed by atoms with E-state index in [9.17, 15) is 4.79 Å². The molecule has 0 saturated carbocycles. The molecular weight excluding hydrogens is 366 g/mol. The van der Waals surface area contributed by atoms with Crippen LogP contribution in [0.1, 0.15) is 34.5 Å². The van der Waals surface area contributed by atoms with Gasteiger partial charge in [0.05, 0.1) is 18.9 Å². The van der Waals surface area contributed by atoms with Gasteiger partial charge in [0.1, 0.15) is 18.1 Å². The van der Waals surface area contributed by atoms with Crippen LogP contribution in [0.3, 0.4) is 0 Å². The Morgan fingerprint density at radius 1 is 1.00 bits per heavy atom. The van der Waals surface area contributed by atoms with Crippen LogP contribution in [0.2, 0.25) is 0 Å². The van der Waals surface area contributed by atoms with Crippen molar-refractivity contribution in [1.29, 1.82) is 0 Å². The van der Waals surface area contributed by atoms with Gasteiger partial charge in [-0.2, -0.15) is 0 Å². The van der Waals surface area contributed by atoms with Crippen molar-refractivity contribution in [3.63, 3.8) is 0 Å². The van der Waals surface area contributed by atoms with Gasteiger partial charge >= 0.3 is 0 Å². The summed E-state index contributed by atoms with van der Waals surface area (Å²) in [5.74, 6) is 1.46. The molecule has 1 aliphatic rings. The van der Waals surface area contributed by atoms with E-state index < -0.39 is 0 Å². The lowest BCUT2D eigenvalue weighted by Crippen LogP contribution is -2.30. The summed E-state index contributed by atoms with van der Waals surface area (Å²) < 4.78 is 16.8. The van der Waals surface area contributed by atoms with Gasteiger partial charge in [-0.1, -0.05) is 30.3 Å². The number of hydrogen-bond donors (Lipinski definition) is 0. The van der Waals surface area contributed by atoms with Crippen LogP contribution in [-0.4, -0.2) is 30.1 Å². The van der Waals surface area contributed by atoms with Crippen molar-refractivity contribution in [3.8, 4) is 5.75 Å². The molecule has 0 bridgehead atoms. The molecule has 1 atom stereocenters. The Hall–Kier alpha value is -3.05. The number of carbonyl (C=O) groups excluding carboxylic acids is 1. The van der Waals surface area contributed by atoms with Crippen LogP contribution < -0.4 is 4.74 Å². The molecule has 1 aliphatic heterocycles. The van der Waals surface area contributed by atoms with E-state index in [0.717, 1.165) is 36.5 Å². The number of hydrogen-bond acceptors (Lipinski definition) is 4. The zero-order valence-electron chi connectivity index (χ0n) is 16.3. The SMILES string of the molecule is O=C(c1ccc(OCC2CCCO2)cc1)N(Cc1ccccc1)Cc1ccco1. The van der Waals surface area contributed by atoms with Crippen LogP contribution in [0.5, 0.6) is 5.75 Å². The summed E-state index contributed by atoms with van der Waals surface area (Å²) in [5.41, 5.74) is 1.70. The second-order valence-electron chi connectivity index (χ2n) is 7.20. The van der Waals surface area contributed by atoms with Gasteiger partial charge in [0.15, 0.2) is 0 Å². The highest BCUT2D eigenvalue weighted by atomic mass is 16.5. The van der Waals surface area contributed by atoms with E-state index in [0.29, 0.717) is 25.3 Å². The highest BCUT2D eigenvalue weighted by Gasteiger charge is 2.19. The molecule has 1 unspecified atom stereocenters. The average molecular weight is 391 g/mol. The van der Waals surface area contributed by atoms with Crippen LogP contribution in [-0.2, 0) is 17.8 Å². The molecule has 1 fully saturated rings. The predicted molar refractivity (Wildman–Crippen MR) is 110 cm³/mol. The summed E-state index contributed by atoms with van der Waals surface area (Å²) in [7, 11) is 0. The summed E-state index contributed by atoms with van der Waals surface area (Å²) in [4.78, 5) is 15.0. The highest BCUT2D eigenvalue weighted by molar-refractivity contribution is 5.94. The predicted octanol–water partition coefficient (Wildman–Crippen LogP) is 4.68. The lowest BCUT2D eigenvalue weighted by atomic mass is 10.1. The molecule has 4 rings (SSSR count). The van der Waals surface area contributed by atoms with E-state index in [1.54, 1.807) is 11.2 Å². The zero-order chi connectivity index (χ0) is 19.9. The van der Waals surface area contributed by atoms with Crippen molar-refractivity contribution < 1.29 is 18.7 Å². The lowest BCUT2D eigenvalue weighted by molar-refractivity contribution is 0.0677. The molecule has 29 heavy (non-hydrogen) atoms. The molecule has 3 aromatic rings.